The fraction of sp³-hybridized carbons (Fsp3) is 0.450. The number of ether oxygens (including phenoxy) is 1. The molecule has 0 unspecified atom stereocenters. The maximum Gasteiger partial charge on any atom is 0.415 e. The third kappa shape index (κ3) is 5.17. The Bertz CT molecular complexity index is 786. The highest BCUT2D eigenvalue weighted by Gasteiger charge is 2.25. The van der Waals surface area contributed by atoms with Gasteiger partial charge in [0.05, 0.1) is 12.6 Å². The number of hydrogen-bond donors (Lipinski definition) is 2. The summed E-state index contributed by atoms with van der Waals surface area (Å²) in [5.41, 5.74) is 2.48. The predicted molar refractivity (Wildman–Crippen MR) is 106 cm³/mol. The third-order valence-corrected chi connectivity index (χ3v) is 4.33. The van der Waals surface area contributed by atoms with Crippen molar-refractivity contribution in [3.63, 3.8) is 0 Å². The summed E-state index contributed by atoms with van der Waals surface area (Å²) in [4.78, 5) is 21.9. The van der Waals surface area contributed by atoms with Crippen molar-refractivity contribution in [1.82, 2.24) is 15.3 Å². The molecule has 1 aromatic carbocycles. The zero-order valence-electron chi connectivity index (χ0n) is 16.3. The average molecular weight is 369 g/mol. The highest BCUT2D eigenvalue weighted by atomic mass is 16.6. The highest BCUT2D eigenvalue weighted by Crippen LogP contribution is 2.21. The molecule has 27 heavy (non-hydrogen) atoms. The van der Waals surface area contributed by atoms with Crippen molar-refractivity contribution in [3.05, 3.63) is 47.7 Å². The second kappa shape index (κ2) is 7.92. The number of rotatable bonds is 6. The smallest absolute Gasteiger partial charge is 0.415 e. The summed E-state index contributed by atoms with van der Waals surface area (Å²) in [6, 6.07) is 10.2. The van der Waals surface area contributed by atoms with Crippen molar-refractivity contribution < 1.29 is 9.53 Å². The van der Waals surface area contributed by atoms with E-state index in [1.165, 1.54) is 10.5 Å². The number of nitrogens with zero attached hydrogens (tertiary/aromatic N) is 3. The molecule has 1 aromatic heterocycles. The molecule has 1 amide bonds. The lowest BCUT2D eigenvalue weighted by atomic mass is 10.0. The summed E-state index contributed by atoms with van der Waals surface area (Å²) in [5.74, 6) is 1.03. The van der Waals surface area contributed by atoms with Crippen LogP contribution in [0.2, 0.25) is 0 Å². The standard InChI is InChI=1S/C20H27N5O2/c1-14(16-7-5-15(6-8-16)13-22-20(2,3)4)23-18-21-10-9-17(24-18)25-11-12-27-19(25)26/h5-10,14,22H,11-13H2,1-4H3,(H,21,23,24)/t14-/m0/s1. The molecule has 2 N–H and O–H groups in total. The van der Waals surface area contributed by atoms with Crippen LogP contribution in [-0.4, -0.2) is 34.8 Å². The molecule has 2 aromatic rings. The van der Waals surface area contributed by atoms with Crippen molar-refractivity contribution in [1.29, 1.82) is 0 Å². The van der Waals surface area contributed by atoms with Crippen LogP contribution in [0.3, 0.4) is 0 Å². The zero-order valence-corrected chi connectivity index (χ0v) is 16.3. The van der Waals surface area contributed by atoms with E-state index in [-0.39, 0.29) is 17.7 Å². The van der Waals surface area contributed by atoms with E-state index in [9.17, 15) is 4.79 Å². The van der Waals surface area contributed by atoms with Crippen LogP contribution >= 0.6 is 0 Å². The van der Waals surface area contributed by atoms with Crippen LogP contribution in [0.15, 0.2) is 36.5 Å². The van der Waals surface area contributed by atoms with Crippen molar-refractivity contribution >= 4 is 17.9 Å². The maximum atomic E-state index is 11.7. The molecule has 1 aliphatic heterocycles. The molecule has 1 saturated heterocycles. The molecule has 0 saturated carbocycles. The zero-order chi connectivity index (χ0) is 19.4. The lowest BCUT2D eigenvalue weighted by Crippen LogP contribution is -2.35. The van der Waals surface area contributed by atoms with Gasteiger partial charge in [-0.3, -0.25) is 4.90 Å². The van der Waals surface area contributed by atoms with Gasteiger partial charge in [-0.25, -0.2) is 9.78 Å². The van der Waals surface area contributed by atoms with Gasteiger partial charge in [0.15, 0.2) is 0 Å². The number of hydrogen-bond acceptors (Lipinski definition) is 6. The van der Waals surface area contributed by atoms with Gasteiger partial charge in [-0.2, -0.15) is 4.98 Å². The fourth-order valence-corrected chi connectivity index (χ4v) is 2.74. The molecule has 2 heterocycles. The summed E-state index contributed by atoms with van der Waals surface area (Å²) in [6.07, 6.45) is 1.27. The van der Waals surface area contributed by atoms with Crippen LogP contribution < -0.4 is 15.5 Å². The number of carbonyl (C=O) groups is 1. The molecule has 1 fully saturated rings. The maximum absolute atomic E-state index is 11.7. The summed E-state index contributed by atoms with van der Waals surface area (Å²) in [6.45, 7) is 10.3. The molecule has 144 valence electrons. The van der Waals surface area contributed by atoms with Crippen LogP contribution in [0, 0.1) is 0 Å². The first-order valence-electron chi connectivity index (χ1n) is 9.19. The highest BCUT2D eigenvalue weighted by molar-refractivity contribution is 5.88. The van der Waals surface area contributed by atoms with E-state index in [0.717, 1.165) is 12.1 Å². The van der Waals surface area contributed by atoms with Crippen LogP contribution in [0.5, 0.6) is 0 Å². The number of aromatic nitrogens is 2. The third-order valence-electron chi connectivity index (χ3n) is 4.33. The van der Waals surface area contributed by atoms with Gasteiger partial charge in [0.2, 0.25) is 5.95 Å². The number of nitrogens with one attached hydrogen (secondary N) is 2. The molecule has 0 aliphatic carbocycles. The summed E-state index contributed by atoms with van der Waals surface area (Å²) < 4.78 is 4.96. The molecule has 0 bridgehead atoms. The Hall–Kier alpha value is -2.67. The second-order valence-electron chi connectivity index (χ2n) is 7.72. The minimum Gasteiger partial charge on any atom is -0.447 e. The Morgan fingerprint density at radius 1 is 1.22 bits per heavy atom. The summed E-state index contributed by atoms with van der Waals surface area (Å²) >= 11 is 0. The Morgan fingerprint density at radius 2 is 1.96 bits per heavy atom. The summed E-state index contributed by atoms with van der Waals surface area (Å²) in [5, 5.41) is 6.78. The van der Waals surface area contributed by atoms with Crippen LogP contribution in [0.4, 0.5) is 16.6 Å². The van der Waals surface area contributed by atoms with Gasteiger partial charge in [0.25, 0.3) is 0 Å². The van der Waals surface area contributed by atoms with Gasteiger partial charge in [-0.05, 0) is 44.9 Å². The van der Waals surface area contributed by atoms with E-state index in [4.69, 9.17) is 4.74 Å². The Labute approximate surface area is 160 Å². The van der Waals surface area contributed by atoms with Crippen LogP contribution in [-0.2, 0) is 11.3 Å². The number of anilines is 2. The monoisotopic (exact) mass is 369 g/mol. The van der Waals surface area contributed by atoms with E-state index in [1.807, 2.05) is 0 Å². The van der Waals surface area contributed by atoms with E-state index in [2.05, 4.69) is 72.6 Å². The molecular weight excluding hydrogens is 342 g/mol. The van der Waals surface area contributed by atoms with E-state index >= 15 is 0 Å². The van der Waals surface area contributed by atoms with Gasteiger partial charge in [0.1, 0.15) is 12.4 Å². The second-order valence-corrected chi connectivity index (χ2v) is 7.72. The number of benzene rings is 1. The minimum absolute atomic E-state index is 0.0374. The van der Waals surface area contributed by atoms with Crippen LogP contribution in [0.25, 0.3) is 0 Å². The van der Waals surface area contributed by atoms with Gasteiger partial charge in [0, 0.05) is 18.3 Å². The molecule has 1 atom stereocenters. The number of amides is 1. The molecule has 0 spiro atoms. The SMILES string of the molecule is C[C@H](Nc1nccc(N2CCOC2=O)n1)c1ccc(CNC(C)(C)C)cc1. The topological polar surface area (TPSA) is 79.4 Å². The molecule has 3 rings (SSSR count). The average Bonchev–Trinajstić information content (AvgIpc) is 3.06. The van der Waals surface area contributed by atoms with Crippen molar-refractivity contribution in [3.8, 4) is 0 Å². The van der Waals surface area contributed by atoms with Crippen molar-refractivity contribution in [2.45, 2.75) is 45.8 Å². The van der Waals surface area contributed by atoms with Gasteiger partial charge < -0.3 is 15.4 Å². The normalized spacial score (nSPS) is 15.6. The fourth-order valence-electron chi connectivity index (χ4n) is 2.74. The molecule has 7 nitrogen and oxygen atoms in total. The van der Waals surface area contributed by atoms with E-state index in [0.29, 0.717) is 24.9 Å². The molecule has 0 radical (unpaired) electrons. The van der Waals surface area contributed by atoms with E-state index < -0.39 is 0 Å². The lowest BCUT2D eigenvalue weighted by molar-refractivity contribution is 0.181. The first-order valence-corrected chi connectivity index (χ1v) is 9.19. The minimum atomic E-state index is -0.368. The molecule has 1 aliphatic rings. The van der Waals surface area contributed by atoms with Crippen molar-refractivity contribution in [2.75, 3.05) is 23.4 Å². The van der Waals surface area contributed by atoms with Gasteiger partial charge in [-0.15, -0.1) is 0 Å². The number of cyclic esters (lactones) is 1. The molecule has 7 heteroatoms. The largest absolute Gasteiger partial charge is 0.447 e. The first-order chi connectivity index (χ1) is 12.8. The summed E-state index contributed by atoms with van der Waals surface area (Å²) in [7, 11) is 0. The first kappa shape index (κ1) is 19.1. The van der Waals surface area contributed by atoms with E-state index in [1.54, 1.807) is 12.3 Å². The Morgan fingerprint density at radius 3 is 2.59 bits per heavy atom. The molecular formula is C20H27N5O2. The van der Waals surface area contributed by atoms with Crippen molar-refractivity contribution in [2.24, 2.45) is 0 Å². The quantitative estimate of drug-likeness (QED) is 0.811. The number of carbonyl (C=O) groups excluding carboxylic acids is 1. The predicted octanol–water partition coefficient (Wildman–Crippen LogP) is 3.49. The van der Waals surface area contributed by atoms with Gasteiger partial charge >= 0.3 is 6.09 Å². The lowest BCUT2D eigenvalue weighted by Gasteiger charge is -2.21. The van der Waals surface area contributed by atoms with Crippen LogP contribution in [0.1, 0.15) is 44.9 Å². The Kier molecular flexibility index (Phi) is 5.60. The Balaban J connectivity index is 1.63. The van der Waals surface area contributed by atoms with Gasteiger partial charge in [-0.1, -0.05) is 24.3 Å².